The third-order valence-electron chi connectivity index (χ3n) is 10.1. The molecular weight excluding hydrogens is 965 g/mol. The topological polar surface area (TPSA) is 309 Å². The number of nitrogens with one attached hydrogen (secondary N) is 4. The second-order valence-corrected chi connectivity index (χ2v) is 18.7. The van der Waals surface area contributed by atoms with Crippen molar-refractivity contribution < 1.29 is 52.6 Å². The summed E-state index contributed by atoms with van der Waals surface area (Å²) in [5, 5.41) is 21.3. The molecule has 0 aliphatic rings. The normalized spacial score (nSPS) is 12.2. The fourth-order valence-corrected chi connectivity index (χ4v) is 6.46. The van der Waals surface area contributed by atoms with Gasteiger partial charge in [-0.3, -0.25) is 25.0 Å². The van der Waals surface area contributed by atoms with Crippen LogP contribution in [0.25, 0.3) is 0 Å². The Labute approximate surface area is 438 Å². The molecule has 20 nitrogen and oxygen atoms in total. The van der Waals surface area contributed by atoms with Crippen molar-refractivity contribution in [1.29, 1.82) is 0 Å². The van der Waals surface area contributed by atoms with Gasteiger partial charge >= 0.3 is 24.4 Å². The van der Waals surface area contributed by atoms with E-state index >= 15 is 0 Å². The molecular formula is C55H72N8O12. The monoisotopic (exact) mass is 1040 g/mol. The smallest absolute Gasteiger partial charge is 0.412 e. The van der Waals surface area contributed by atoms with Crippen molar-refractivity contribution in [3.8, 4) is 0 Å². The van der Waals surface area contributed by atoms with E-state index in [0.29, 0.717) is 29.7 Å². The van der Waals surface area contributed by atoms with Gasteiger partial charge in [0.25, 0.3) is 5.69 Å². The highest BCUT2D eigenvalue weighted by molar-refractivity contribution is 5.93. The van der Waals surface area contributed by atoms with Crippen LogP contribution in [0.5, 0.6) is 0 Å². The molecule has 6 amide bonds. The van der Waals surface area contributed by atoms with E-state index < -0.39 is 64.5 Å². The summed E-state index contributed by atoms with van der Waals surface area (Å²) in [6.07, 6.45) is -2.15. The Morgan fingerprint density at radius 2 is 0.947 bits per heavy atom. The van der Waals surface area contributed by atoms with Gasteiger partial charge < -0.3 is 52.1 Å². The van der Waals surface area contributed by atoms with Gasteiger partial charge in [-0.1, -0.05) is 92.4 Å². The molecule has 0 saturated carbocycles. The van der Waals surface area contributed by atoms with Crippen molar-refractivity contribution in [3.05, 3.63) is 177 Å². The lowest BCUT2D eigenvalue weighted by molar-refractivity contribution is -0.384. The van der Waals surface area contributed by atoms with Crippen molar-refractivity contribution >= 4 is 47.6 Å². The first-order valence-electron chi connectivity index (χ1n) is 23.5. The highest BCUT2D eigenvalue weighted by atomic mass is 16.6. The maximum absolute atomic E-state index is 12.3. The average molecular weight is 1040 g/mol. The Morgan fingerprint density at radius 3 is 1.32 bits per heavy atom. The number of non-ortho nitro benzene ring substituents is 1. The maximum Gasteiger partial charge on any atom is 0.412 e. The number of nitro benzene ring substituents is 1. The molecule has 5 aromatic rings. The summed E-state index contributed by atoms with van der Waals surface area (Å²) in [6, 6.07) is 37.2. The highest BCUT2D eigenvalue weighted by Gasteiger charge is 2.22. The van der Waals surface area contributed by atoms with Gasteiger partial charge in [-0.15, -0.1) is 0 Å². The van der Waals surface area contributed by atoms with Gasteiger partial charge in [-0.2, -0.15) is 0 Å². The zero-order chi connectivity index (χ0) is 55.0. The van der Waals surface area contributed by atoms with Crippen molar-refractivity contribution in [3.63, 3.8) is 0 Å². The quantitative estimate of drug-likeness (QED) is 0.0260. The summed E-state index contributed by atoms with van der Waals surface area (Å²) in [7, 11) is 0. The molecule has 0 radical (unpaired) electrons. The average Bonchev–Trinajstić information content (AvgIpc) is 3.33. The van der Waals surface area contributed by atoms with E-state index in [1.54, 1.807) is 104 Å². The first-order valence-corrected chi connectivity index (χ1v) is 23.5. The van der Waals surface area contributed by atoms with E-state index in [-0.39, 0.29) is 38.3 Å². The van der Waals surface area contributed by atoms with Crippen molar-refractivity contribution in [2.24, 2.45) is 17.2 Å². The number of rotatable bonds is 17. The van der Waals surface area contributed by atoms with Crippen LogP contribution in [0.4, 0.5) is 30.6 Å². The van der Waals surface area contributed by atoms with E-state index in [4.69, 9.17) is 36.1 Å². The van der Waals surface area contributed by atoms with Gasteiger partial charge in [0, 0.05) is 48.1 Å². The van der Waals surface area contributed by atoms with Crippen molar-refractivity contribution in [2.45, 2.75) is 111 Å². The number of nitrogens with two attached hydrogens (primary N) is 3. The standard InChI is InChI=1S/C24H31N3O5.C15H23N3O3.C15H14N2O4.CH4/c1-16(18-8-6-5-7-9-18)31-22(29)26-15-20(27-23(30)32-24(2,3)4)14-17-10-12-19(13-11-17)21(25)28;1-15(2,3)21-14(20)18-12(9-16)8-10-4-6-11(7-5-10)13(17)19;1-11(12-5-3-2-4-6-12)21-15(18)16-13-7-9-14(10-8-13)17(19)20;/h5-13,16,20H,14-15H2,1-4H3,(H2,25,28)(H,26,29)(H,27,30);4-7,12H,8-9,16H2,1-3H3,(H2,17,19)(H,18,20);2-11H,1H3,(H,16,18);1H4/t16-,20-;12-;11-;/m000./s1. The molecule has 0 aliphatic carbocycles. The molecule has 5 aromatic carbocycles. The zero-order valence-corrected chi connectivity index (χ0v) is 42.9. The van der Waals surface area contributed by atoms with E-state index in [2.05, 4.69) is 21.3 Å². The summed E-state index contributed by atoms with van der Waals surface area (Å²) in [4.78, 5) is 80.3. The van der Waals surface area contributed by atoms with Gasteiger partial charge in [-0.05, 0) is 127 Å². The molecule has 404 valence electrons. The molecule has 0 unspecified atom stereocenters. The molecule has 10 N–H and O–H groups in total. The number of amides is 6. The van der Waals surface area contributed by atoms with Gasteiger partial charge in [0.2, 0.25) is 11.8 Å². The maximum atomic E-state index is 12.3. The van der Waals surface area contributed by atoms with Crippen LogP contribution < -0.4 is 38.5 Å². The Bertz CT molecular complexity index is 2590. The Hall–Kier alpha value is -8.52. The number of primary amides is 2. The molecule has 75 heavy (non-hydrogen) atoms. The molecule has 0 spiro atoms. The molecule has 0 bridgehead atoms. The van der Waals surface area contributed by atoms with E-state index in [1.807, 2.05) is 60.7 Å². The number of ether oxygens (including phenoxy) is 4. The van der Waals surface area contributed by atoms with Gasteiger partial charge in [0.1, 0.15) is 23.4 Å². The largest absolute Gasteiger partial charge is 0.444 e. The number of carbonyl (C=O) groups excluding carboxylic acids is 6. The minimum Gasteiger partial charge on any atom is -0.444 e. The Balaban J connectivity index is 0.000000396. The fraction of sp³-hybridized carbons (Fsp3) is 0.345. The summed E-state index contributed by atoms with van der Waals surface area (Å²) in [5.74, 6) is -0.985. The lowest BCUT2D eigenvalue weighted by Gasteiger charge is -2.24. The number of nitro groups is 1. The van der Waals surface area contributed by atoms with Crippen molar-refractivity contribution in [1.82, 2.24) is 16.0 Å². The Kier molecular flexibility index (Phi) is 25.5. The first kappa shape index (κ1) is 62.6. The second-order valence-electron chi connectivity index (χ2n) is 18.7. The van der Waals surface area contributed by atoms with Crippen molar-refractivity contribution in [2.75, 3.05) is 18.4 Å². The van der Waals surface area contributed by atoms with Crippen LogP contribution >= 0.6 is 0 Å². The first-order chi connectivity index (χ1) is 34.8. The molecule has 4 atom stereocenters. The van der Waals surface area contributed by atoms with E-state index in [1.165, 1.54) is 24.3 Å². The number of nitrogens with zero attached hydrogens (tertiary/aromatic N) is 1. The highest BCUT2D eigenvalue weighted by Crippen LogP contribution is 2.20. The van der Waals surface area contributed by atoms with Crippen LogP contribution in [-0.4, -0.2) is 77.5 Å². The molecule has 5 rings (SSSR count). The fourth-order valence-electron chi connectivity index (χ4n) is 6.46. The number of hydrogen-bond acceptors (Lipinski definition) is 13. The van der Waals surface area contributed by atoms with Crippen LogP contribution in [0.2, 0.25) is 0 Å². The van der Waals surface area contributed by atoms with Gasteiger partial charge in [0.15, 0.2) is 0 Å². The number of hydrogen-bond donors (Lipinski definition) is 7. The van der Waals surface area contributed by atoms with Crippen LogP contribution in [0.3, 0.4) is 0 Å². The summed E-state index contributed by atoms with van der Waals surface area (Å²) < 4.78 is 21.2. The minimum absolute atomic E-state index is 0. The third kappa shape index (κ3) is 25.1. The van der Waals surface area contributed by atoms with Crippen LogP contribution in [0.1, 0.15) is 118 Å². The summed E-state index contributed by atoms with van der Waals surface area (Å²) in [5.41, 5.74) is 19.7. The molecule has 0 fully saturated rings. The summed E-state index contributed by atoms with van der Waals surface area (Å²) in [6.45, 7) is 14.7. The number of anilines is 1. The molecule has 0 aromatic heterocycles. The van der Waals surface area contributed by atoms with E-state index in [9.17, 15) is 38.9 Å². The van der Waals surface area contributed by atoms with Crippen LogP contribution in [0, 0.1) is 10.1 Å². The predicted molar refractivity (Wildman–Crippen MR) is 287 cm³/mol. The summed E-state index contributed by atoms with van der Waals surface area (Å²) >= 11 is 0. The zero-order valence-electron chi connectivity index (χ0n) is 42.9. The minimum atomic E-state index is -0.657. The predicted octanol–water partition coefficient (Wildman–Crippen LogP) is 9.43. The number of benzene rings is 5. The van der Waals surface area contributed by atoms with Gasteiger partial charge in [-0.25, -0.2) is 19.2 Å². The van der Waals surface area contributed by atoms with Gasteiger partial charge in [0.05, 0.1) is 11.0 Å². The molecule has 0 saturated heterocycles. The Morgan fingerprint density at radius 1 is 0.560 bits per heavy atom. The lowest BCUT2D eigenvalue weighted by atomic mass is 10.0. The molecule has 0 aliphatic heterocycles. The number of alkyl carbamates (subject to hydrolysis) is 3. The third-order valence-corrected chi connectivity index (χ3v) is 10.1. The lowest BCUT2D eigenvalue weighted by Crippen LogP contribution is -2.46. The molecule has 0 heterocycles. The second kappa shape index (κ2) is 30.5. The van der Waals surface area contributed by atoms with E-state index in [0.717, 1.165) is 22.3 Å². The SMILES string of the molecule is C.CC(C)(C)OC(=O)N[C@H](CN)Cc1ccc(C(N)=O)cc1.C[C@H](OC(=O)NC[C@H](Cc1ccc(C(N)=O)cc1)NC(=O)OC(C)(C)C)c1ccccc1.C[C@H](OC(=O)Nc1ccc([N+](=O)[O-])cc1)c1ccccc1. The molecule has 20 heteroatoms. The van der Waals surface area contributed by atoms with Crippen LogP contribution in [0.15, 0.2) is 133 Å². The number of carbonyl (C=O) groups is 6. The van der Waals surface area contributed by atoms with Crippen LogP contribution in [-0.2, 0) is 31.8 Å².